The molecule has 3 aliphatic carbocycles. The van der Waals surface area contributed by atoms with Crippen molar-refractivity contribution in [2.45, 2.75) is 18.8 Å². The van der Waals surface area contributed by atoms with E-state index in [-0.39, 0.29) is 0 Å². The molecule has 2 atom stereocenters. The SMILES string of the molecule is C1=CC2Cc3c(ccc4c3-c3ccccc3C4)C2C=C1. The van der Waals surface area contributed by atoms with Gasteiger partial charge in [0.15, 0.2) is 0 Å². The summed E-state index contributed by atoms with van der Waals surface area (Å²) in [7, 11) is 0. The van der Waals surface area contributed by atoms with E-state index in [1.54, 1.807) is 16.7 Å². The van der Waals surface area contributed by atoms with Crippen LogP contribution >= 0.6 is 0 Å². The molecule has 0 radical (unpaired) electrons. The maximum absolute atomic E-state index is 2.39. The zero-order valence-corrected chi connectivity index (χ0v) is 11.3. The summed E-state index contributed by atoms with van der Waals surface area (Å²) in [5.74, 6) is 1.28. The molecule has 0 aromatic heterocycles. The maximum atomic E-state index is 2.39. The van der Waals surface area contributed by atoms with Crippen molar-refractivity contribution in [1.82, 2.24) is 0 Å². The molecule has 3 aliphatic rings. The van der Waals surface area contributed by atoms with Crippen molar-refractivity contribution >= 4 is 0 Å². The molecule has 5 rings (SSSR count). The second-order valence-electron chi connectivity index (χ2n) is 6.16. The Hall–Kier alpha value is -2.08. The molecule has 0 heterocycles. The summed E-state index contributed by atoms with van der Waals surface area (Å²) < 4.78 is 0. The van der Waals surface area contributed by atoms with E-state index in [2.05, 4.69) is 60.7 Å². The topological polar surface area (TPSA) is 0 Å². The molecule has 0 nitrogen and oxygen atoms in total. The molecule has 0 fully saturated rings. The molecule has 0 bridgehead atoms. The number of fused-ring (bicyclic) bond motifs is 7. The van der Waals surface area contributed by atoms with E-state index in [1.165, 1.54) is 23.1 Å². The first kappa shape index (κ1) is 10.7. The molecule has 0 spiro atoms. The van der Waals surface area contributed by atoms with Crippen LogP contribution in [-0.2, 0) is 12.8 Å². The smallest absolute Gasteiger partial charge is 0.00901 e. The van der Waals surface area contributed by atoms with Gasteiger partial charge in [0, 0.05) is 5.92 Å². The van der Waals surface area contributed by atoms with E-state index in [0.717, 1.165) is 6.42 Å². The fourth-order valence-electron chi connectivity index (χ4n) is 4.27. The van der Waals surface area contributed by atoms with Gasteiger partial charge in [-0.05, 0) is 52.1 Å². The zero-order valence-electron chi connectivity index (χ0n) is 11.3. The zero-order chi connectivity index (χ0) is 13.1. The molecule has 2 unspecified atom stereocenters. The quantitative estimate of drug-likeness (QED) is 0.549. The number of benzene rings is 2. The summed E-state index contributed by atoms with van der Waals surface area (Å²) in [5.41, 5.74) is 9.22. The Morgan fingerprint density at radius 3 is 2.75 bits per heavy atom. The van der Waals surface area contributed by atoms with Crippen LogP contribution in [0.15, 0.2) is 60.7 Å². The number of rotatable bonds is 0. The number of hydrogen-bond donors (Lipinski definition) is 0. The minimum Gasteiger partial charge on any atom is -0.0802 e. The first-order valence-corrected chi connectivity index (χ1v) is 7.50. The summed E-state index contributed by atoms with van der Waals surface area (Å²) >= 11 is 0. The van der Waals surface area contributed by atoms with Gasteiger partial charge in [-0.25, -0.2) is 0 Å². The molecule has 0 saturated carbocycles. The number of hydrogen-bond acceptors (Lipinski definition) is 0. The summed E-state index contributed by atoms with van der Waals surface area (Å²) in [6, 6.07) is 13.7. The van der Waals surface area contributed by atoms with Crippen molar-refractivity contribution in [3.63, 3.8) is 0 Å². The van der Waals surface area contributed by atoms with Crippen molar-refractivity contribution in [1.29, 1.82) is 0 Å². The maximum Gasteiger partial charge on any atom is 0.00901 e. The highest BCUT2D eigenvalue weighted by atomic mass is 14.4. The lowest BCUT2D eigenvalue weighted by Gasteiger charge is -2.15. The fraction of sp³-hybridized carbons (Fsp3) is 0.200. The Balaban J connectivity index is 1.77. The van der Waals surface area contributed by atoms with Crippen LogP contribution in [0.25, 0.3) is 11.1 Å². The molecule has 2 aromatic carbocycles. The van der Waals surface area contributed by atoms with Gasteiger partial charge >= 0.3 is 0 Å². The lowest BCUT2D eigenvalue weighted by Crippen LogP contribution is -2.04. The highest BCUT2D eigenvalue weighted by Crippen LogP contribution is 2.49. The van der Waals surface area contributed by atoms with E-state index < -0.39 is 0 Å². The number of allylic oxidation sites excluding steroid dienone is 4. The van der Waals surface area contributed by atoms with E-state index in [0.29, 0.717) is 11.8 Å². The van der Waals surface area contributed by atoms with Gasteiger partial charge in [-0.3, -0.25) is 0 Å². The van der Waals surface area contributed by atoms with Crippen molar-refractivity contribution < 1.29 is 0 Å². The van der Waals surface area contributed by atoms with Gasteiger partial charge in [-0.15, -0.1) is 0 Å². The molecule has 0 amide bonds. The van der Waals surface area contributed by atoms with Crippen LogP contribution in [0.2, 0.25) is 0 Å². The molecule has 0 aliphatic heterocycles. The average molecular weight is 256 g/mol. The standard InChI is InChI=1S/C20H16/c1-3-7-16-14(6-1)12-19-18(16)10-9-15-11-13-5-2-4-8-17(13)20(15)19/h1-10,14,16H,11-12H2. The average Bonchev–Trinajstić information content (AvgIpc) is 3.04. The van der Waals surface area contributed by atoms with Crippen LogP contribution in [0.3, 0.4) is 0 Å². The van der Waals surface area contributed by atoms with Gasteiger partial charge in [0.05, 0.1) is 0 Å². The lowest BCUT2D eigenvalue weighted by molar-refractivity contribution is 0.630. The van der Waals surface area contributed by atoms with E-state index in [9.17, 15) is 0 Å². The predicted octanol–water partition coefficient (Wildman–Crippen LogP) is 4.64. The van der Waals surface area contributed by atoms with Crippen LogP contribution in [0, 0.1) is 5.92 Å². The van der Waals surface area contributed by atoms with E-state index in [1.807, 2.05) is 0 Å². The fourth-order valence-corrected chi connectivity index (χ4v) is 4.27. The highest BCUT2D eigenvalue weighted by Gasteiger charge is 2.34. The molecular formula is C20H16. The largest absolute Gasteiger partial charge is 0.0802 e. The summed E-state index contributed by atoms with van der Waals surface area (Å²) in [6.07, 6.45) is 11.5. The van der Waals surface area contributed by atoms with Crippen LogP contribution < -0.4 is 0 Å². The molecule has 20 heavy (non-hydrogen) atoms. The van der Waals surface area contributed by atoms with E-state index in [4.69, 9.17) is 0 Å². The Kier molecular flexibility index (Phi) is 1.99. The van der Waals surface area contributed by atoms with Gasteiger partial charge in [-0.1, -0.05) is 60.7 Å². The molecule has 96 valence electrons. The monoisotopic (exact) mass is 256 g/mol. The van der Waals surface area contributed by atoms with Crippen LogP contribution in [-0.4, -0.2) is 0 Å². The van der Waals surface area contributed by atoms with Crippen molar-refractivity contribution in [3.8, 4) is 11.1 Å². The third kappa shape index (κ3) is 1.27. The first-order chi connectivity index (χ1) is 9.92. The van der Waals surface area contributed by atoms with Gasteiger partial charge in [0.1, 0.15) is 0 Å². The lowest BCUT2D eigenvalue weighted by atomic mass is 9.89. The molecule has 2 aromatic rings. The Labute approximate surface area is 119 Å². The van der Waals surface area contributed by atoms with Crippen LogP contribution in [0.1, 0.15) is 28.2 Å². The minimum absolute atomic E-state index is 0.605. The molecule has 0 N–H and O–H groups in total. The van der Waals surface area contributed by atoms with Crippen molar-refractivity contribution in [2.24, 2.45) is 5.92 Å². The molecule has 0 saturated heterocycles. The van der Waals surface area contributed by atoms with Gasteiger partial charge in [0.2, 0.25) is 0 Å². The first-order valence-electron chi connectivity index (χ1n) is 7.50. The predicted molar refractivity (Wildman–Crippen MR) is 82.9 cm³/mol. The van der Waals surface area contributed by atoms with Gasteiger partial charge in [0.25, 0.3) is 0 Å². The van der Waals surface area contributed by atoms with Crippen molar-refractivity contribution in [2.75, 3.05) is 0 Å². The van der Waals surface area contributed by atoms with Gasteiger partial charge < -0.3 is 0 Å². The second kappa shape index (κ2) is 3.73. The summed E-state index contributed by atoms with van der Waals surface area (Å²) in [5, 5.41) is 0. The molecular weight excluding hydrogens is 240 g/mol. The normalized spacial score (nSPS) is 24.2. The Morgan fingerprint density at radius 1 is 0.850 bits per heavy atom. The van der Waals surface area contributed by atoms with Crippen LogP contribution in [0.5, 0.6) is 0 Å². The molecule has 0 heteroatoms. The summed E-state index contributed by atoms with van der Waals surface area (Å²) in [4.78, 5) is 0. The van der Waals surface area contributed by atoms with E-state index >= 15 is 0 Å². The Morgan fingerprint density at radius 2 is 1.75 bits per heavy atom. The Bertz CT molecular complexity index is 777. The second-order valence-corrected chi connectivity index (χ2v) is 6.16. The summed E-state index contributed by atoms with van der Waals surface area (Å²) in [6.45, 7) is 0. The highest BCUT2D eigenvalue weighted by molar-refractivity contribution is 5.81. The third-order valence-corrected chi connectivity index (χ3v) is 5.15. The van der Waals surface area contributed by atoms with Gasteiger partial charge in [-0.2, -0.15) is 0 Å². The van der Waals surface area contributed by atoms with Crippen LogP contribution in [0.4, 0.5) is 0 Å². The third-order valence-electron chi connectivity index (χ3n) is 5.15. The van der Waals surface area contributed by atoms with Crippen molar-refractivity contribution in [3.05, 3.63) is 83.0 Å². The minimum atomic E-state index is 0.605.